The molecule has 2 aliphatic rings. The molecule has 2 aliphatic heterocycles. The molecule has 0 aliphatic carbocycles. The third-order valence-electron chi connectivity index (χ3n) is 8.03. The Morgan fingerprint density at radius 1 is 1.05 bits per heavy atom. The maximum absolute atomic E-state index is 13.9. The molecule has 0 saturated carbocycles. The van der Waals surface area contributed by atoms with Crippen molar-refractivity contribution in [2.24, 2.45) is 0 Å². The van der Waals surface area contributed by atoms with E-state index in [1.165, 1.54) is 0 Å². The summed E-state index contributed by atoms with van der Waals surface area (Å²) in [6.45, 7) is 3.94. The number of carbonyl (C=O) groups is 2. The van der Waals surface area contributed by atoms with E-state index in [4.69, 9.17) is 16.3 Å². The van der Waals surface area contributed by atoms with E-state index < -0.39 is 29.4 Å². The van der Waals surface area contributed by atoms with Gasteiger partial charge in [-0.3, -0.25) is 9.48 Å². The highest BCUT2D eigenvalue weighted by Gasteiger charge is 2.42. The van der Waals surface area contributed by atoms with Gasteiger partial charge in [-0.25, -0.2) is 4.79 Å². The highest BCUT2D eigenvalue weighted by molar-refractivity contribution is 6.31. The molecule has 3 aromatic rings. The minimum atomic E-state index is -4.86. The normalized spacial score (nSPS) is 17.8. The highest BCUT2D eigenvalue weighted by Crippen LogP contribution is 2.39. The van der Waals surface area contributed by atoms with Gasteiger partial charge in [-0.1, -0.05) is 29.8 Å². The van der Waals surface area contributed by atoms with E-state index in [-0.39, 0.29) is 12.5 Å². The van der Waals surface area contributed by atoms with Crippen LogP contribution in [0, 0.1) is 0 Å². The average Bonchev–Trinajstić information content (AvgIpc) is 3.47. The number of methoxy groups -OCH3 is 1. The topological polar surface area (TPSA) is 91.1 Å². The zero-order chi connectivity index (χ0) is 30.7. The number of piperidine rings is 1. The van der Waals surface area contributed by atoms with E-state index >= 15 is 0 Å². The molecule has 1 amide bonds. The number of anilines is 2. The van der Waals surface area contributed by atoms with Crippen LogP contribution in [-0.2, 0) is 15.7 Å². The van der Waals surface area contributed by atoms with Gasteiger partial charge in [0.05, 0.1) is 25.3 Å². The van der Waals surface area contributed by atoms with Gasteiger partial charge in [0.2, 0.25) is 5.91 Å². The summed E-state index contributed by atoms with van der Waals surface area (Å²) < 4.78 is 47.5. The number of piperazine rings is 1. The number of benzene rings is 2. The molecule has 9 nitrogen and oxygen atoms in total. The van der Waals surface area contributed by atoms with E-state index in [2.05, 4.69) is 10.00 Å². The summed E-state index contributed by atoms with van der Waals surface area (Å²) in [6, 6.07) is 12.9. The van der Waals surface area contributed by atoms with E-state index in [1.807, 2.05) is 46.2 Å². The molecule has 0 radical (unpaired) electrons. The van der Waals surface area contributed by atoms with Crippen molar-refractivity contribution >= 4 is 34.9 Å². The van der Waals surface area contributed by atoms with Crippen molar-refractivity contribution in [2.75, 3.05) is 62.8 Å². The first-order valence-corrected chi connectivity index (χ1v) is 14.5. The van der Waals surface area contributed by atoms with Gasteiger partial charge in [0, 0.05) is 68.3 Å². The minimum Gasteiger partial charge on any atom is -0.478 e. The van der Waals surface area contributed by atoms with Crippen LogP contribution in [0.15, 0.2) is 48.7 Å². The van der Waals surface area contributed by atoms with Crippen molar-refractivity contribution in [3.05, 3.63) is 64.9 Å². The van der Waals surface area contributed by atoms with Gasteiger partial charge in [0.15, 0.2) is 5.69 Å². The van der Waals surface area contributed by atoms with Crippen LogP contribution in [0.3, 0.4) is 0 Å². The molecule has 3 heterocycles. The summed E-state index contributed by atoms with van der Waals surface area (Å²) in [5.74, 6) is -1.57. The monoisotopic (exact) mass is 619 g/mol. The van der Waals surface area contributed by atoms with Gasteiger partial charge in [0.1, 0.15) is 5.56 Å². The number of carboxylic acid groups (broad SMARTS) is 1. The Balaban J connectivity index is 1.34. The number of carboxylic acids is 1. The summed E-state index contributed by atoms with van der Waals surface area (Å²) in [4.78, 5) is 29.9. The number of aromatic nitrogens is 2. The lowest BCUT2D eigenvalue weighted by atomic mass is 9.99. The SMILES string of the molecule is COCCC(=O)N1CCN(c2ccc(-c3ccc(Cl)cc3N3CCCC(n4ncc(C(=O)O)c4C(F)(F)F)C3)cc2)CC1. The first-order valence-electron chi connectivity index (χ1n) is 14.1. The molecule has 2 fully saturated rings. The Labute approximate surface area is 252 Å². The van der Waals surface area contributed by atoms with Crippen LogP contribution in [0.2, 0.25) is 5.02 Å². The number of carbonyl (C=O) groups excluding carboxylic acids is 1. The molecule has 2 aromatic carbocycles. The number of amides is 1. The summed E-state index contributed by atoms with van der Waals surface area (Å²) in [7, 11) is 1.58. The maximum Gasteiger partial charge on any atom is 0.433 e. The standard InChI is InChI=1S/C30H33ClF3N5O4/c1-43-16-10-27(40)37-14-12-36(13-15-37)22-7-4-20(5-8-22)24-9-6-21(31)17-26(24)38-11-2-3-23(19-38)39-28(30(32,33)34)25(18-35-39)29(41)42/h4-9,17-18,23H,2-3,10-16,19H2,1H3,(H,41,42). The summed E-state index contributed by atoms with van der Waals surface area (Å²) in [5.41, 5.74) is 1.53. The largest absolute Gasteiger partial charge is 0.478 e. The Hall–Kier alpha value is -3.77. The van der Waals surface area contributed by atoms with Crippen molar-refractivity contribution in [1.29, 1.82) is 0 Å². The number of nitrogens with zero attached hydrogens (tertiary/aromatic N) is 5. The van der Waals surface area contributed by atoms with E-state index in [0.29, 0.717) is 50.5 Å². The van der Waals surface area contributed by atoms with Crippen LogP contribution in [0.25, 0.3) is 11.1 Å². The van der Waals surface area contributed by atoms with Gasteiger partial charge < -0.3 is 24.5 Å². The summed E-state index contributed by atoms with van der Waals surface area (Å²) in [5, 5.41) is 13.7. The number of halogens is 4. The second-order valence-corrected chi connectivity index (χ2v) is 11.2. The third-order valence-corrected chi connectivity index (χ3v) is 8.27. The molecule has 43 heavy (non-hydrogen) atoms. The van der Waals surface area contributed by atoms with Crippen LogP contribution in [0.1, 0.15) is 41.4 Å². The van der Waals surface area contributed by atoms with Gasteiger partial charge >= 0.3 is 12.1 Å². The second-order valence-electron chi connectivity index (χ2n) is 10.7. The number of ether oxygens (including phenoxy) is 1. The molecule has 1 unspecified atom stereocenters. The number of rotatable bonds is 8. The van der Waals surface area contributed by atoms with Crippen molar-refractivity contribution in [1.82, 2.24) is 14.7 Å². The molecule has 0 bridgehead atoms. The van der Waals surface area contributed by atoms with Crippen molar-refractivity contribution in [3.8, 4) is 11.1 Å². The molecule has 0 spiro atoms. The second kappa shape index (κ2) is 12.8. The molecular weight excluding hydrogens is 587 g/mol. The van der Waals surface area contributed by atoms with E-state index in [9.17, 15) is 27.9 Å². The Bertz CT molecular complexity index is 1450. The molecule has 2 saturated heterocycles. The van der Waals surface area contributed by atoms with Crippen LogP contribution >= 0.6 is 11.6 Å². The van der Waals surface area contributed by atoms with Crippen molar-refractivity contribution < 1.29 is 32.6 Å². The Morgan fingerprint density at radius 2 is 1.77 bits per heavy atom. The fourth-order valence-electron chi connectivity index (χ4n) is 5.88. The van der Waals surface area contributed by atoms with Crippen LogP contribution in [0.5, 0.6) is 0 Å². The molecule has 1 aromatic heterocycles. The molecule has 1 atom stereocenters. The third kappa shape index (κ3) is 6.75. The first-order chi connectivity index (χ1) is 20.6. The number of hydrogen-bond acceptors (Lipinski definition) is 6. The number of aromatic carboxylic acids is 1. The van der Waals surface area contributed by atoms with Crippen LogP contribution < -0.4 is 9.80 Å². The van der Waals surface area contributed by atoms with Gasteiger partial charge in [-0.05, 0) is 42.7 Å². The van der Waals surface area contributed by atoms with Gasteiger partial charge in [0.25, 0.3) is 0 Å². The molecule has 13 heteroatoms. The fraction of sp³-hybridized carbons (Fsp3) is 0.433. The summed E-state index contributed by atoms with van der Waals surface area (Å²) >= 11 is 6.39. The minimum absolute atomic E-state index is 0.0941. The van der Waals surface area contributed by atoms with Crippen molar-refractivity contribution in [3.63, 3.8) is 0 Å². The lowest BCUT2D eigenvalue weighted by Gasteiger charge is -2.37. The average molecular weight is 620 g/mol. The van der Waals surface area contributed by atoms with Crippen LogP contribution in [0.4, 0.5) is 24.5 Å². The van der Waals surface area contributed by atoms with Gasteiger partial charge in [-0.2, -0.15) is 18.3 Å². The predicted molar refractivity (Wildman–Crippen MR) is 157 cm³/mol. The quantitative estimate of drug-likeness (QED) is 0.359. The number of hydrogen-bond donors (Lipinski definition) is 1. The highest BCUT2D eigenvalue weighted by atomic mass is 35.5. The molecular formula is C30H33ClF3N5O4. The van der Waals surface area contributed by atoms with Gasteiger partial charge in [-0.15, -0.1) is 0 Å². The lowest BCUT2D eigenvalue weighted by Crippen LogP contribution is -2.49. The predicted octanol–water partition coefficient (Wildman–Crippen LogP) is 5.45. The van der Waals surface area contributed by atoms with Crippen LogP contribution in [-0.4, -0.2) is 84.6 Å². The Kier molecular flexibility index (Phi) is 9.16. The van der Waals surface area contributed by atoms with E-state index in [1.54, 1.807) is 13.2 Å². The number of alkyl halides is 3. The first kappa shape index (κ1) is 30.7. The Morgan fingerprint density at radius 3 is 2.42 bits per heavy atom. The fourth-order valence-corrected chi connectivity index (χ4v) is 6.04. The molecule has 5 rings (SSSR count). The lowest BCUT2D eigenvalue weighted by molar-refractivity contribution is -0.145. The smallest absolute Gasteiger partial charge is 0.433 e. The molecule has 1 N–H and O–H groups in total. The maximum atomic E-state index is 13.9. The molecule has 230 valence electrons. The summed E-state index contributed by atoms with van der Waals surface area (Å²) in [6.07, 6.45) is -2.69. The van der Waals surface area contributed by atoms with E-state index in [0.717, 1.165) is 46.5 Å². The zero-order valence-corrected chi connectivity index (χ0v) is 24.4. The zero-order valence-electron chi connectivity index (χ0n) is 23.7. The van der Waals surface area contributed by atoms with Crippen molar-refractivity contribution in [2.45, 2.75) is 31.5 Å².